The fourth-order valence-corrected chi connectivity index (χ4v) is 5.01. The van der Waals surface area contributed by atoms with E-state index < -0.39 is 0 Å². The molecule has 2 fully saturated rings. The average Bonchev–Trinajstić information content (AvgIpc) is 3.15. The van der Waals surface area contributed by atoms with Crippen LogP contribution in [-0.2, 0) is 11.3 Å². The van der Waals surface area contributed by atoms with Crippen LogP contribution < -0.4 is 10.6 Å². The number of thiazole rings is 1. The van der Waals surface area contributed by atoms with Crippen LogP contribution in [0.15, 0.2) is 23.0 Å². The zero-order valence-corrected chi connectivity index (χ0v) is 13.9. The summed E-state index contributed by atoms with van der Waals surface area (Å²) in [6.07, 6.45) is 7.00. The van der Waals surface area contributed by atoms with Gasteiger partial charge in [-0.05, 0) is 37.1 Å². The highest BCUT2D eigenvalue weighted by Crippen LogP contribution is 2.39. The molecule has 116 valence electrons. The third-order valence-corrected chi connectivity index (χ3v) is 6.54. The standard InChI is InChI=1S/C16H19N3OS2/c20-14-3-2-13(16(19-14)5-1-6-16)17-8-12-9-18-15(22-12)11-4-7-21-10-11/h4,7,9-10,13,17H,1-3,5-6,8H2,(H,19,20). The summed E-state index contributed by atoms with van der Waals surface area (Å²) < 4.78 is 0. The van der Waals surface area contributed by atoms with E-state index in [0.29, 0.717) is 12.5 Å². The van der Waals surface area contributed by atoms with E-state index in [2.05, 4.69) is 32.4 Å². The number of carbonyl (C=O) groups excluding carboxylic acids is 1. The molecule has 6 heteroatoms. The molecule has 0 radical (unpaired) electrons. The molecule has 1 amide bonds. The van der Waals surface area contributed by atoms with Crippen molar-refractivity contribution in [1.29, 1.82) is 0 Å². The van der Waals surface area contributed by atoms with Gasteiger partial charge in [0.2, 0.25) is 5.91 Å². The first-order valence-electron chi connectivity index (χ1n) is 7.77. The lowest BCUT2D eigenvalue weighted by Crippen LogP contribution is -2.67. The van der Waals surface area contributed by atoms with Crippen LogP contribution in [0.1, 0.15) is 37.0 Å². The summed E-state index contributed by atoms with van der Waals surface area (Å²) in [4.78, 5) is 17.5. The number of thiophene rings is 1. The van der Waals surface area contributed by atoms with Crippen LogP contribution in [0, 0.1) is 0 Å². The molecule has 22 heavy (non-hydrogen) atoms. The predicted molar refractivity (Wildman–Crippen MR) is 90.0 cm³/mol. The van der Waals surface area contributed by atoms with Crippen molar-refractivity contribution in [1.82, 2.24) is 15.6 Å². The van der Waals surface area contributed by atoms with Crippen molar-refractivity contribution in [3.63, 3.8) is 0 Å². The maximum absolute atomic E-state index is 11.7. The molecule has 4 rings (SSSR count). The van der Waals surface area contributed by atoms with Crippen LogP contribution in [0.4, 0.5) is 0 Å². The van der Waals surface area contributed by atoms with Gasteiger partial charge in [0.05, 0.1) is 5.54 Å². The van der Waals surface area contributed by atoms with Crippen molar-refractivity contribution in [2.75, 3.05) is 0 Å². The summed E-state index contributed by atoms with van der Waals surface area (Å²) in [6, 6.07) is 2.51. The van der Waals surface area contributed by atoms with Gasteiger partial charge in [-0.3, -0.25) is 4.79 Å². The lowest BCUT2D eigenvalue weighted by Gasteiger charge is -2.51. The number of nitrogens with zero attached hydrogens (tertiary/aromatic N) is 1. The van der Waals surface area contributed by atoms with E-state index in [4.69, 9.17) is 0 Å². The molecule has 1 aliphatic carbocycles. The summed E-state index contributed by atoms with van der Waals surface area (Å²) in [7, 11) is 0. The Morgan fingerprint density at radius 2 is 2.36 bits per heavy atom. The van der Waals surface area contributed by atoms with Crippen molar-refractivity contribution in [2.24, 2.45) is 0 Å². The number of rotatable bonds is 4. The van der Waals surface area contributed by atoms with Crippen molar-refractivity contribution >= 4 is 28.6 Å². The van der Waals surface area contributed by atoms with Gasteiger partial charge >= 0.3 is 0 Å². The molecule has 1 spiro atoms. The highest BCUT2D eigenvalue weighted by Gasteiger charge is 2.47. The van der Waals surface area contributed by atoms with E-state index in [1.165, 1.54) is 16.9 Å². The molecule has 2 aromatic heterocycles. The molecule has 0 bridgehead atoms. The van der Waals surface area contributed by atoms with Gasteiger partial charge in [0.15, 0.2) is 0 Å². The Balaban J connectivity index is 1.41. The molecule has 2 aliphatic rings. The molecule has 0 aromatic carbocycles. The van der Waals surface area contributed by atoms with Crippen LogP contribution in [-0.4, -0.2) is 22.5 Å². The molecular weight excluding hydrogens is 314 g/mol. The molecular formula is C16H19N3OS2. The topological polar surface area (TPSA) is 54.0 Å². The maximum atomic E-state index is 11.7. The van der Waals surface area contributed by atoms with Gasteiger partial charge in [0, 0.05) is 41.0 Å². The average molecular weight is 333 g/mol. The summed E-state index contributed by atoms with van der Waals surface area (Å²) >= 11 is 3.45. The lowest BCUT2D eigenvalue weighted by molar-refractivity contribution is -0.128. The van der Waals surface area contributed by atoms with E-state index in [9.17, 15) is 4.79 Å². The van der Waals surface area contributed by atoms with Crippen LogP contribution in [0.2, 0.25) is 0 Å². The fraction of sp³-hybridized carbons (Fsp3) is 0.500. The first kappa shape index (κ1) is 14.4. The van der Waals surface area contributed by atoms with Gasteiger partial charge in [-0.1, -0.05) is 0 Å². The zero-order valence-electron chi connectivity index (χ0n) is 12.3. The van der Waals surface area contributed by atoms with E-state index in [-0.39, 0.29) is 11.4 Å². The Labute approximate surface area is 138 Å². The van der Waals surface area contributed by atoms with E-state index in [1.54, 1.807) is 22.7 Å². The third-order valence-electron chi connectivity index (χ3n) is 4.81. The monoisotopic (exact) mass is 333 g/mol. The first-order chi connectivity index (χ1) is 10.8. The summed E-state index contributed by atoms with van der Waals surface area (Å²) in [5.41, 5.74) is 1.23. The van der Waals surface area contributed by atoms with Gasteiger partial charge < -0.3 is 10.6 Å². The Kier molecular flexibility index (Phi) is 3.76. The number of carbonyl (C=O) groups is 1. The molecule has 4 nitrogen and oxygen atoms in total. The molecule has 2 aromatic rings. The molecule has 1 aliphatic heterocycles. The van der Waals surface area contributed by atoms with Crippen molar-refractivity contribution < 1.29 is 4.79 Å². The molecule has 3 heterocycles. The second-order valence-electron chi connectivity index (χ2n) is 6.17. The zero-order chi connectivity index (χ0) is 15.0. The highest BCUT2D eigenvalue weighted by molar-refractivity contribution is 7.15. The molecule has 1 saturated heterocycles. The number of aromatic nitrogens is 1. The lowest BCUT2D eigenvalue weighted by atomic mass is 9.68. The smallest absolute Gasteiger partial charge is 0.220 e. The summed E-state index contributed by atoms with van der Waals surface area (Å²) in [5.74, 6) is 0.218. The van der Waals surface area contributed by atoms with Crippen molar-refractivity contribution in [3.8, 4) is 10.6 Å². The van der Waals surface area contributed by atoms with Gasteiger partial charge in [-0.15, -0.1) is 11.3 Å². The van der Waals surface area contributed by atoms with E-state index in [0.717, 1.165) is 30.8 Å². The minimum atomic E-state index is 0.0240. The summed E-state index contributed by atoms with van der Waals surface area (Å²) in [5, 5.41) is 12.2. The predicted octanol–water partition coefficient (Wildman–Crippen LogP) is 3.16. The van der Waals surface area contributed by atoms with E-state index >= 15 is 0 Å². The SMILES string of the molecule is O=C1CCC(NCc2cnc(-c3ccsc3)s2)C2(CCC2)N1. The second kappa shape index (κ2) is 5.76. The largest absolute Gasteiger partial charge is 0.349 e. The third kappa shape index (κ3) is 2.59. The molecule has 1 unspecified atom stereocenters. The van der Waals surface area contributed by atoms with Crippen molar-refractivity contribution in [2.45, 2.75) is 50.2 Å². The number of hydrogen-bond acceptors (Lipinski definition) is 5. The Morgan fingerprint density at radius 1 is 1.45 bits per heavy atom. The van der Waals surface area contributed by atoms with Gasteiger partial charge in [-0.25, -0.2) is 4.98 Å². The number of hydrogen-bond donors (Lipinski definition) is 2. The quantitative estimate of drug-likeness (QED) is 0.904. The van der Waals surface area contributed by atoms with Crippen LogP contribution in [0.5, 0.6) is 0 Å². The Morgan fingerprint density at radius 3 is 3.09 bits per heavy atom. The number of nitrogens with one attached hydrogen (secondary N) is 2. The fourth-order valence-electron chi connectivity index (χ4n) is 3.44. The van der Waals surface area contributed by atoms with Gasteiger partial charge in [0.1, 0.15) is 5.01 Å². The van der Waals surface area contributed by atoms with Crippen LogP contribution in [0.25, 0.3) is 10.6 Å². The minimum absolute atomic E-state index is 0.0240. The normalized spacial score (nSPS) is 23.3. The number of amides is 1. The highest BCUT2D eigenvalue weighted by atomic mass is 32.1. The molecule has 2 N–H and O–H groups in total. The Bertz CT molecular complexity index is 661. The minimum Gasteiger partial charge on any atom is -0.349 e. The molecule has 1 atom stereocenters. The molecule has 1 saturated carbocycles. The van der Waals surface area contributed by atoms with Gasteiger partial charge in [-0.2, -0.15) is 11.3 Å². The Hall–Kier alpha value is -1.24. The van der Waals surface area contributed by atoms with Crippen LogP contribution in [0.3, 0.4) is 0 Å². The van der Waals surface area contributed by atoms with Crippen molar-refractivity contribution in [3.05, 3.63) is 27.9 Å². The van der Waals surface area contributed by atoms with Crippen LogP contribution >= 0.6 is 22.7 Å². The number of piperidine rings is 1. The van der Waals surface area contributed by atoms with E-state index in [1.807, 2.05) is 6.20 Å². The first-order valence-corrected chi connectivity index (χ1v) is 9.53. The second-order valence-corrected chi connectivity index (χ2v) is 8.07. The van der Waals surface area contributed by atoms with Gasteiger partial charge in [0.25, 0.3) is 0 Å². The maximum Gasteiger partial charge on any atom is 0.220 e. The summed E-state index contributed by atoms with van der Waals surface area (Å²) in [6.45, 7) is 0.837.